The quantitative estimate of drug-likeness (QED) is 0.851. The third kappa shape index (κ3) is 3.83. The van der Waals surface area contributed by atoms with Crippen molar-refractivity contribution in [2.24, 2.45) is 5.73 Å². The van der Waals surface area contributed by atoms with Crippen molar-refractivity contribution in [2.45, 2.75) is 31.2 Å². The number of aromatic nitrogens is 2. The Bertz CT molecular complexity index is 690. The normalized spacial score (nSPS) is 11.8. The third-order valence-corrected chi connectivity index (χ3v) is 4.44. The van der Waals surface area contributed by atoms with E-state index in [9.17, 15) is 8.42 Å². The molecule has 0 saturated carbocycles. The molecule has 0 fully saturated rings. The van der Waals surface area contributed by atoms with E-state index in [1.807, 2.05) is 12.1 Å². The Balaban J connectivity index is 2.16. The Morgan fingerprint density at radius 2 is 1.95 bits per heavy atom. The molecule has 0 saturated heterocycles. The Hall–Kier alpha value is -1.86. The molecule has 3 N–H and O–H groups in total. The Morgan fingerprint density at radius 1 is 1.29 bits per heavy atom. The van der Waals surface area contributed by atoms with Gasteiger partial charge in [0.05, 0.1) is 12.7 Å². The number of hydrogen-bond acceptors (Lipinski definition) is 4. The summed E-state index contributed by atoms with van der Waals surface area (Å²) in [5, 5.41) is 3.97. The van der Waals surface area contributed by atoms with Gasteiger partial charge < -0.3 is 5.73 Å². The highest BCUT2D eigenvalue weighted by Gasteiger charge is 2.16. The Kier molecular flexibility index (Phi) is 4.64. The van der Waals surface area contributed by atoms with E-state index in [4.69, 9.17) is 5.73 Å². The van der Waals surface area contributed by atoms with Crippen LogP contribution in [-0.4, -0.2) is 24.7 Å². The number of nitrogens with one attached hydrogen (secondary N) is 1. The van der Waals surface area contributed by atoms with Crippen LogP contribution in [-0.2, 0) is 16.6 Å². The number of benzene rings is 1. The summed E-state index contributed by atoms with van der Waals surface area (Å²) in [6, 6.07) is 7.36. The monoisotopic (exact) mass is 308 g/mol. The highest BCUT2D eigenvalue weighted by atomic mass is 32.2. The molecule has 0 aliphatic heterocycles. The van der Waals surface area contributed by atoms with Crippen molar-refractivity contribution in [1.29, 1.82) is 0 Å². The molecule has 0 bridgehead atoms. The molecule has 0 aliphatic rings. The van der Waals surface area contributed by atoms with E-state index in [0.717, 1.165) is 5.56 Å². The average Bonchev–Trinajstić information content (AvgIpc) is 2.89. The Morgan fingerprint density at radius 3 is 2.52 bits per heavy atom. The van der Waals surface area contributed by atoms with E-state index in [1.165, 1.54) is 17.1 Å². The molecule has 0 atom stereocenters. The second-order valence-corrected chi connectivity index (χ2v) is 6.79. The predicted molar refractivity (Wildman–Crippen MR) is 82.6 cm³/mol. The number of nitrogens with zero attached hydrogens (tertiary/aromatic N) is 2. The van der Waals surface area contributed by atoms with Crippen LogP contribution in [0.3, 0.4) is 0 Å². The zero-order valence-corrected chi connectivity index (χ0v) is 13.0. The summed E-state index contributed by atoms with van der Waals surface area (Å²) >= 11 is 0. The van der Waals surface area contributed by atoms with Gasteiger partial charge in [-0.3, -0.25) is 9.40 Å². The number of rotatable bonds is 6. The maximum absolute atomic E-state index is 12.2. The lowest BCUT2D eigenvalue weighted by Gasteiger charge is -2.09. The summed E-state index contributed by atoms with van der Waals surface area (Å²) in [6.07, 6.45) is 2.79. The van der Waals surface area contributed by atoms with Crippen molar-refractivity contribution in [2.75, 3.05) is 11.3 Å². The van der Waals surface area contributed by atoms with E-state index in [-0.39, 0.29) is 4.90 Å². The van der Waals surface area contributed by atoms with Crippen molar-refractivity contribution in [3.05, 3.63) is 42.2 Å². The molecule has 114 valence electrons. The first-order valence-corrected chi connectivity index (χ1v) is 8.26. The highest BCUT2D eigenvalue weighted by molar-refractivity contribution is 7.92. The van der Waals surface area contributed by atoms with Crippen LogP contribution in [0.5, 0.6) is 0 Å². The fourth-order valence-corrected chi connectivity index (χ4v) is 2.90. The van der Waals surface area contributed by atoms with E-state index < -0.39 is 10.0 Å². The predicted octanol–water partition coefficient (Wildman–Crippen LogP) is 1.77. The summed E-state index contributed by atoms with van der Waals surface area (Å²) in [5.41, 5.74) is 7.11. The number of nitrogens with two attached hydrogens (primary N) is 1. The van der Waals surface area contributed by atoms with Crippen molar-refractivity contribution >= 4 is 15.7 Å². The fraction of sp³-hybridized carbons (Fsp3) is 0.357. The van der Waals surface area contributed by atoms with Crippen LogP contribution in [0, 0.1) is 0 Å². The summed E-state index contributed by atoms with van der Waals surface area (Å²) in [6.45, 7) is 5.07. The van der Waals surface area contributed by atoms with Gasteiger partial charge in [-0.05, 0) is 23.6 Å². The fourth-order valence-electron chi connectivity index (χ4n) is 1.89. The molecule has 2 aromatic rings. The minimum absolute atomic E-state index is 0.129. The number of sulfonamides is 1. The van der Waals surface area contributed by atoms with Gasteiger partial charge in [-0.25, -0.2) is 8.42 Å². The van der Waals surface area contributed by atoms with E-state index >= 15 is 0 Å². The van der Waals surface area contributed by atoms with Gasteiger partial charge >= 0.3 is 0 Å². The van der Waals surface area contributed by atoms with Crippen molar-refractivity contribution in [3.63, 3.8) is 0 Å². The van der Waals surface area contributed by atoms with Crippen LogP contribution >= 0.6 is 0 Å². The molecule has 0 amide bonds. The maximum atomic E-state index is 12.2. The van der Waals surface area contributed by atoms with Gasteiger partial charge in [-0.2, -0.15) is 5.10 Å². The van der Waals surface area contributed by atoms with Gasteiger partial charge in [0.25, 0.3) is 10.0 Å². The van der Waals surface area contributed by atoms with E-state index in [0.29, 0.717) is 24.7 Å². The lowest BCUT2D eigenvalue weighted by Crippen LogP contribution is -2.13. The lowest BCUT2D eigenvalue weighted by atomic mass is 10.0. The Labute approximate surface area is 125 Å². The molecule has 0 spiro atoms. The molecule has 0 aliphatic carbocycles. The van der Waals surface area contributed by atoms with Gasteiger partial charge in [-0.15, -0.1) is 0 Å². The minimum atomic E-state index is -3.62. The molecular weight excluding hydrogens is 288 g/mol. The van der Waals surface area contributed by atoms with Crippen LogP contribution in [0.15, 0.2) is 41.6 Å². The standard InChI is InChI=1S/C14H20N4O2S/c1-11(2)12-3-5-13(6-4-12)17-21(19,20)14-9-16-18(10-14)8-7-15/h3-6,9-11,17H,7-8,15H2,1-2H3. The van der Waals surface area contributed by atoms with Gasteiger partial charge in [0.1, 0.15) is 4.90 Å². The molecule has 0 unspecified atom stereocenters. The second-order valence-electron chi connectivity index (χ2n) is 5.11. The zero-order chi connectivity index (χ0) is 15.5. The minimum Gasteiger partial charge on any atom is -0.329 e. The first-order chi connectivity index (χ1) is 9.92. The maximum Gasteiger partial charge on any atom is 0.265 e. The molecule has 21 heavy (non-hydrogen) atoms. The number of hydrogen-bond donors (Lipinski definition) is 2. The van der Waals surface area contributed by atoms with Gasteiger partial charge in [0, 0.05) is 18.4 Å². The van der Waals surface area contributed by atoms with E-state index in [2.05, 4.69) is 23.7 Å². The molecule has 7 heteroatoms. The van der Waals surface area contributed by atoms with Crippen LogP contribution < -0.4 is 10.5 Å². The summed E-state index contributed by atoms with van der Waals surface area (Å²) in [4.78, 5) is 0.129. The number of anilines is 1. The molecule has 1 aromatic carbocycles. The van der Waals surface area contributed by atoms with Crippen molar-refractivity contribution in [1.82, 2.24) is 9.78 Å². The summed E-state index contributed by atoms with van der Waals surface area (Å²) < 4.78 is 28.5. The van der Waals surface area contributed by atoms with Crippen LogP contribution in [0.1, 0.15) is 25.3 Å². The molecule has 6 nitrogen and oxygen atoms in total. The lowest BCUT2D eigenvalue weighted by molar-refractivity contribution is 0.599. The van der Waals surface area contributed by atoms with Gasteiger partial charge in [0.15, 0.2) is 0 Å². The van der Waals surface area contributed by atoms with Gasteiger partial charge in [0.2, 0.25) is 0 Å². The van der Waals surface area contributed by atoms with Crippen molar-refractivity contribution < 1.29 is 8.42 Å². The molecule has 1 heterocycles. The topological polar surface area (TPSA) is 90.0 Å². The smallest absolute Gasteiger partial charge is 0.265 e. The van der Waals surface area contributed by atoms with Crippen LogP contribution in [0.25, 0.3) is 0 Å². The molecular formula is C14H20N4O2S. The van der Waals surface area contributed by atoms with Gasteiger partial charge in [-0.1, -0.05) is 26.0 Å². The molecule has 2 rings (SSSR count). The third-order valence-electron chi connectivity index (χ3n) is 3.11. The molecule has 1 aromatic heterocycles. The first kappa shape index (κ1) is 15.5. The largest absolute Gasteiger partial charge is 0.329 e. The summed E-state index contributed by atoms with van der Waals surface area (Å²) in [5.74, 6) is 0.408. The zero-order valence-electron chi connectivity index (χ0n) is 12.2. The highest BCUT2D eigenvalue weighted by Crippen LogP contribution is 2.19. The van der Waals surface area contributed by atoms with Crippen LogP contribution in [0.4, 0.5) is 5.69 Å². The summed E-state index contributed by atoms with van der Waals surface area (Å²) in [7, 11) is -3.62. The molecule has 0 radical (unpaired) electrons. The van der Waals surface area contributed by atoms with Crippen molar-refractivity contribution in [3.8, 4) is 0 Å². The van der Waals surface area contributed by atoms with Crippen LogP contribution in [0.2, 0.25) is 0 Å². The average molecular weight is 308 g/mol. The second kappa shape index (κ2) is 6.28. The van der Waals surface area contributed by atoms with E-state index in [1.54, 1.807) is 12.1 Å². The first-order valence-electron chi connectivity index (χ1n) is 6.77. The SMILES string of the molecule is CC(C)c1ccc(NS(=O)(=O)c2cnn(CCN)c2)cc1.